The minimum absolute atomic E-state index is 0.0230. The second kappa shape index (κ2) is 11.8. The lowest BCUT2D eigenvalue weighted by Crippen LogP contribution is -2.12. The molecule has 0 spiro atoms. The molecule has 0 saturated carbocycles. The van der Waals surface area contributed by atoms with Gasteiger partial charge in [-0.1, -0.05) is 68.4 Å². The zero-order valence-electron chi connectivity index (χ0n) is 33.1. The van der Waals surface area contributed by atoms with Gasteiger partial charge >= 0.3 is 0 Å². The number of imidazole rings is 1. The van der Waals surface area contributed by atoms with Crippen molar-refractivity contribution in [3.05, 3.63) is 113 Å². The van der Waals surface area contributed by atoms with Crippen molar-refractivity contribution in [1.29, 1.82) is 0 Å². The topological polar surface area (TPSA) is 70.4 Å². The fourth-order valence-electron chi connectivity index (χ4n) is 7.65. The van der Waals surface area contributed by atoms with Crippen molar-refractivity contribution < 1.29 is 9.26 Å². The van der Waals surface area contributed by atoms with Crippen molar-refractivity contribution in [2.24, 2.45) is 0 Å². The van der Waals surface area contributed by atoms with Crippen LogP contribution >= 0.6 is 0 Å². The first-order valence-electron chi connectivity index (χ1n) is 18.5. The van der Waals surface area contributed by atoms with Gasteiger partial charge in [-0.2, -0.15) is 4.57 Å². The number of rotatable bonds is 4. The van der Waals surface area contributed by atoms with Gasteiger partial charge in [0.25, 0.3) is 0 Å². The average molecular weight is 704 g/mol. The van der Waals surface area contributed by atoms with E-state index >= 15 is 0 Å². The maximum Gasteiger partial charge on any atom is 0.177 e. The molecule has 0 amide bonds. The zero-order chi connectivity index (χ0) is 37.8. The molecule has 0 N–H and O–H groups in total. The molecular weight excluding hydrogens is 655 g/mol. The lowest BCUT2D eigenvalue weighted by molar-refractivity contribution is 0.363. The molecule has 7 nitrogen and oxygen atoms in total. The summed E-state index contributed by atoms with van der Waals surface area (Å²) in [5.41, 5.74) is 11.9. The lowest BCUT2D eigenvalue weighted by Gasteiger charge is -2.21. The number of aryl methyl sites for hydroxylation is 3. The van der Waals surface area contributed by atoms with E-state index in [0.29, 0.717) is 0 Å². The van der Waals surface area contributed by atoms with Gasteiger partial charge < -0.3 is 9.26 Å². The molecular formula is C46H49N5O2. The SMILES string of the molecule is Cc1ccnc(-n2c3ccc(C(C)(C)C)cc3c3ccc(Oc4cc(-c5ncc(C)c6c5nc5c(C(C)(C)C)c(C)on56)cc(C(C)(C)C)c4)cc32)c1. The standard InChI is InChI=1S/C46H49N5O2/c1-26-17-18-47-38(19-26)50-36-16-13-30(44(4,5)6)23-35(36)34-15-14-32(24-37(34)50)52-33-21-29(20-31(22-33)45(7,8)9)40-41-42(27(2)25-48-40)51-43(49-41)39(28(3)53-51)46(10,11)12/h13-25H,1-12H3. The Morgan fingerprint density at radius 3 is 2.11 bits per heavy atom. The Kier molecular flexibility index (Phi) is 7.71. The van der Waals surface area contributed by atoms with Gasteiger partial charge in [-0.15, -0.1) is 0 Å². The zero-order valence-corrected chi connectivity index (χ0v) is 33.1. The molecule has 7 heteroatoms. The first kappa shape index (κ1) is 34.6. The van der Waals surface area contributed by atoms with Gasteiger partial charge in [-0.25, -0.2) is 9.97 Å². The molecule has 0 saturated heterocycles. The molecule has 0 fully saturated rings. The minimum atomic E-state index is -0.145. The van der Waals surface area contributed by atoms with E-state index in [4.69, 9.17) is 24.2 Å². The maximum atomic E-state index is 6.83. The smallest absolute Gasteiger partial charge is 0.177 e. The summed E-state index contributed by atoms with van der Waals surface area (Å²) in [6.45, 7) is 26.2. The molecule has 8 aromatic rings. The van der Waals surface area contributed by atoms with Gasteiger partial charge in [-0.3, -0.25) is 9.55 Å². The highest BCUT2D eigenvalue weighted by molar-refractivity contribution is 6.10. The Morgan fingerprint density at radius 1 is 0.660 bits per heavy atom. The van der Waals surface area contributed by atoms with Crippen LogP contribution in [0.2, 0.25) is 0 Å². The van der Waals surface area contributed by atoms with Crippen LogP contribution < -0.4 is 4.74 Å². The van der Waals surface area contributed by atoms with Crippen LogP contribution in [0.25, 0.3) is 55.6 Å². The van der Waals surface area contributed by atoms with E-state index in [1.165, 1.54) is 10.9 Å². The molecule has 5 heterocycles. The predicted molar refractivity (Wildman–Crippen MR) is 217 cm³/mol. The fourth-order valence-corrected chi connectivity index (χ4v) is 7.65. The molecule has 53 heavy (non-hydrogen) atoms. The number of benzene rings is 3. The summed E-state index contributed by atoms with van der Waals surface area (Å²) in [7, 11) is 0. The van der Waals surface area contributed by atoms with Crippen LogP contribution in [0.1, 0.15) is 95.9 Å². The molecule has 0 aliphatic carbocycles. The van der Waals surface area contributed by atoms with Crippen LogP contribution in [0.4, 0.5) is 0 Å². The monoisotopic (exact) mass is 703 g/mol. The highest BCUT2D eigenvalue weighted by Crippen LogP contribution is 2.41. The van der Waals surface area contributed by atoms with E-state index in [1.807, 2.05) is 30.0 Å². The predicted octanol–water partition coefficient (Wildman–Crippen LogP) is 12.2. The van der Waals surface area contributed by atoms with Crippen LogP contribution in [-0.4, -0.2) is 24.1 Å². The van der Waals surface area contributed by atoms with Crippen LogP contribution in [0.5, 0.6) is 11.5 Å². The third-order valence-corrected chi connectivity index (χ3v) is 10.4. The van der Waals surface area contributed by atoms with Crippen LogP contribution in [0.3, 0.4) is 0 Å². The lowest BCUT2D eigenvalue weighted by atomic mass is 9.85. The third-order valence-electron chi connectivity index (χ3n) is 10.4. The summed E-state index contributed by atoms with van der Waals surface area (Å²) in [5.74, 6) is 3.25. The quantitative estimate of drug-likeness (QED) is 0.182. The fraction of sp³-hybridized carbons (Fsp3) is 0.326. The molecule has 3 aromatic carbocycles. The van der Waals surface area contributed by atoms with Crippen molar-refractivity contribution in [1.82, 2.24) is 24.1 Å². The van der Waals surface area contributed by atoms with Gasteiger partial charge in [0.2, 0.25) is 0 Å². The van der Waals surface area contributed by atoms with Crippen molar-refractivity contribution in [2.75, 3.05) is 0 Å². The highest BCUT2D eigenvalue weighted by Gasteiger charge is 2.29. The largest absolute Gasteiger partial charge is 0.457 e. The Balaban J connectivity index is 1.30. The Bertz CT molecular complexity index is 2740. The number of fused-ring (bicyclic) bond motifs is 6. The van der Waals surface area contributed by atoms with Crippen molar-refractivity contribution in [3.63, 3.8) is 0 Å². The van der Waals surface area contributed by atoms with Crippen molar-refractivity contribution in [2.45, 2.75) is 99.3 Å². The van der Waals surface area contributed by atoms with Gasteiger partial charge in [0.05, 0.1) is 16.7 Å². The molecule has 0 radical (unpaired) electrons. The third kappa shape index (κ3) is 5.87. The average Bonchev–Trinajstić information content (AvgIpc) is 3.70. The number of hydrogen-bond acceptors (Lipinski definition) is 5. The Hall–Kier alpha value is -5.43. The summed E-state index contributed by atoms with van der Waals surface area (Å²) in [4.78, 5) is 15.0. The number of pyridine rings is 2. The first-order chi connectivity index (χ1) is 24.9. The number of aromatic nitrogens is 5. The summed E-state index contributed by atoms with van der Waals surface area (Å²) >= 11 is 0. The summed E-state index contributed by atoms with van der Waals surface area (Å²) in [5, 5.41) is 2.36. The van der Waals surface area contributed by atoms with Crippen LogP contribution in [-0.2, 0) is 16.2 Å². The molecule has 5 aromatic heterocycles. The van der Waals surface area contributed by atoms with E-state index in [-0.39, 0.29) is 16.2 Å². The van der Waals surface area contributed by atoms with Gasteiger partial charge in [0, 0.05) is 40.4 Å². The van der Waals surface area contributed by atoms with Gasteiger partial charge in [0.15, 0.2) is 5.65 Å². The van der Waals surface area contributed by atoms with Gasteiger partial charge in [-0.05, 0) is 114 Å². The molecule has 0 atom stereocenters. The van der Waals surface area contributed by atoms with E-state index < -0.39 is 0 Å². The van der Waals surface area contributed by atoms with Crippen molar-refractivity contribution >= 4 is 38.5 Å². The molecule has 0 aliphatic rings. The van der Waals surface area contributed by atoms with E-state index in [0.717, 1.165) is 89.7 Å². The minimum Gasteiger partial charge on any atom is -0.457 e. The molecule has 0 unspecified atom stereocenters. The summed E-state index contributed by atoms with van der Waals surface area (Å²) in [6.07, 6.45) is 3.80. The summed E-state index contributed by atoms with van der Waals surface area (Å²) in [6, 6.07) is 23.8. The molecule has 270 valence electrons. The first-order valence-corrected chi connectivity index (χ1v) is 18.5. The highest BCUT2D eigenvalue weighted by atomic mass is 16.5. The molecule has 0 aliphatic heterocycles. The van der Waals surface area contributed by atoms with Gasteiger partial charge in [0.1, 0.15) is 34.1 Å². The Morgan fingerprint density at radius 2 is 1.42 bits per heavy atom. The van der Waals surface area contributed by atoms with E-state index in [9.17, 15) is 0 Å². The Labute approximate surface area is 311 Å². The normalized spacial score (nSPS) is 12.9. The molecule has 8 rings (SSSR count). The molecule has 0 bridgehead atoms. The summed E-state index contributed by atoms with van der Waals surface area (Å²) < 4.78 is 17.3. The van der Waals surface area contributed by atoms with E-state index in [1.54, 1.807) is 0 Å². The second-order valence-corrected chi connectivity index (χ2v) is 17.8. The van der Waals surface area contributed by atoms with Crippen molar-refractivity contribution in [3.8, 4) is 28.6 Å². The van der Waals surface area contributed by atoms with Crippen LogP contribution in [0, 0.1) is 20.8 Å². The van der Waals surface area contributed by atoms with E-state index in [2.05, 4.69) is 141 Å². The second-order valence-electron chi connectivity index (χ2n) is 17.8. The number of hydrogen-bond donors (Lipinski definition) is 0. The maximum absolute atomic E-state index is 6.83. The number of ether oxygens (including phenoxy) is 1. The van der Waals surface area contributed by atoms with Crippen LogP contribution in [0.15, 0.2) is 83.6 Å². The number of nitrogens with zero attached hydrogens (tertiary/aromatic N) is 5.